The van der Waals surface area contributed by atoms with E-state index >= 15 is 0 Å². The summed E-state index contributed by atoms with van der Waals surface area (Å²) in [4.78, 5) is 17.4. The van der Waals surface area contributed by atoms with Gasteiger partial charge in [0.2, 0.25) is 5.91 Å². The molecule has 1 N–H and O–H groups in total. The van der Waals surface area contributed by atoms with E-state index in [0.717, 1.165) is 35.7 Å². The van der Waals surface area contributed by atoms with Gasteiger partial charge in [-0.2, -0.15) is 5.10 Å². The minimum absolute atomic E-state index is 0.0218. The van der Waals surface area contributed by atoms with Crippen LogP contribution in [-0.2, 0) is 4.79 Å². The van der Waals surface area contributed by atoms with Crippen LogP contribution in [0.5, 0.6) is 0 Å². The standard InChI is InChI=1S/C22H24N4OS/c1-2-8-18(16-9-4-3-5-10-16)24-21(27)15-28-22-25-19-12-7-6-11-17(19)20-13-14-23-26(20)22/h3-7,9-12,14,18,20H,2,8,13,15H2,1H3,(H,24,27)/t18-,20+/m1/s1. The van der Waals surface area contributed by atoms with Gasteiger partial charge < -0.3 is 5.32 Å². The second-order valence-corrected chi connectivity index (χ2v) is 7.90. The van der Waals surface area contributed by atoms with Gasteiger partial charge in [0.1, 0.15) is 0 Å². The normalized spacial score (nSPS) is 18.2. The number of aliphatic imine (C=N–C) groups is 1. The molecule has 5 nitrogen and oxygen atoms in total. The number of nitrogens with one attached hydrogen (secondary N) is 1. The lowest BCUT2D eigenvalue weighted by molar-refractivity contribution is -0.119. The quantitative estimate of drug-likeness (QED) is 0.767. The molecular weight excluding hydrogens is 368 g/mol. The van der Waals surface area contributed by atoms with Crippen molar-refractivity contribution in [3.05, 3.63) is 65.7 Å². The molecule has 28 heavy (non-hydrogen) atoms. The molecule has 6 heteroatoms. The molecule has 0 bridgehead atoms. The maximum absolute atomic E-state index is 12.6. The Kier molecular flexibility index (Phi) is 5.76. The van der Waals surface area contributed by atoms with Crippen molar-refractivity contribution in [2.75, 3.05) is 5.75 Å². The molecule has 0 spiro atoms. The Labute approximate surface area is 169 Å². The zero-order valence-corrected chi connectivity index (χ0v) is 16.7. The summed E-state index contributed by atoms with van der Waals surface area (Å²) < 4.78 is 0. The Morgan fingerprint density at radius 3 is 2.82 bits per heavy atom. The van der Waals surface area contributed by atoms with E-state index < -0.39 is 0 Å². The molecule has 0 saturated carbocycles. The van der Waals surface area contributed by atoms with Crippen LogP contribution in [0.4, 0.5) is 5.69 Å². The summed E-state index contributed by atoms with van der Waals surface area (Å²) in [5.41, 5.74) is 3.32. The van der Waals surface area contributed by atoms with E-state index in [1.807, 2.05) is 47.6 Å². The molecule has 2 aromatic rings. The summed E-state index contributed by atoms with van der Waals surface area (Å²) in [5.74, 6) is 0.348. The Balaban J connectivity index is 1.43. The number of amidine groups is 1. The number of rotatable bonds is 6. The van der Waals surface area contributed by atoms with Gasteiger partial charge in [-0.3, -0.25) is 4.79 Å². The third-order valence-corrected chi connectivity index (χ3v) is 5.93. The first-order chi connectivity index (χ1) is 13.8. The third-order valence-electron chi connectivity index (χ3n) is 4.98. The molecule has 2 heterocycles. The Morgan fingerprint density at radius 2 is 2.00 bits per heavy atom. The van der Waals surface area contributed by atoms with Gasteiger partial charge in [-0.05, 0) is 18.1 Å². The van der Waals surface area contributed by atoms with Crippen LogP contribution in [0.15, 0.2) is 64.7 Å². The maximum atomic E-state index is 12.6. The summed E-state index contributed by atoms with van der Waals surface area (Å²) >= 11 is 1.45. The van der Waals surface area contributed by atoms with Crippen molar-refractivity contribution in [1.82, 2.24) is 10.3 Å². The van der Waals surface area contributed by atoms with Gasteiger partial charge in [0.05, 0.1) is 23.5 Å². The van der Waals surface area contributed by atoms with E-state index in [2.05, 4.69) is 35.5 Å². The molecule has 2 aliphatic rings. The van der Waals surface area contributed by atoms with E-state index in [1.165, 1.54) is 17.3 Å². The highest BCUT2D eigenvalue weighted by Gasteiger charge is 2.32. The van der Waals surface area contributed by atoms with Crippen molar-refractivity contribution < 1.29 is 4.79 Å². The minimum atomic E-state index is 0.0218. The van der Waals surface area contributed by atoms with Gasteiger partial charge in [0, 0.05) is 18.2 Å². The topological polar surface area (TPSA) is 57.1 Å². The van der Waals surface area contributed by atoms with Gasteiger partial charge in [0.15, 0.2) is 5.17 Å². The van der Waals surface area contributed by atoms with Crippen LogP contribution in [0, 0.1) is 0 Å². The van der Waals surface area contributed by atoms with Crippen LogP contribution >= 0.6 is 11.8 Å². The third kappa shape index (κ3) is 3.97. The minimum Gasteiger partial charge on any atom is -0.349 e. The van der Waals surface area contributed by atoms with Crippen LogP contribution in [0.1, 0.15) is 49.4 Å². The van der Waals surface area contributed by atoms with Crippen molar-refractivity contribution in [2.45, 2.75) is 38.3 Å². The molecule has 4 rings (SSSR count). The lowest BCUT2D eigenvalue weighted by Crippen LogP contribution is -2.32. The number of para-hydroxylation sites is 1. The number of amides is 1. The fraction of sp³-hybridized carbons (Fsp3) is 0.318. The monoisotopic (exact) mass is 392 g/mol. The highest BCUT2D eigenvalue weighted by atomic mass is 32.2. The largest absolute Gasteiger partial charge is 0.349 e. The van der Waals surface area contributed by atoms with Crippen LogP contribution in [0.3, 0.4) is 0 Å². The molecular formula is C22H24N4OS. The van der Waals surface area contributed by atoms with Gasteiger partial charge in [0.25, 0.3) is 0 Å². The predicted molar refractivity (Wildman–Crippen MR) is 116 cm³/mol. The molecule has 0 saturated heterocycles. The van der Waals surface area contributed by atoms with Crippen molar-refractivity contribution >= 4 is 34.7 Å². The first-order valence-corrected chi connectivity index (χ1v) is 10.7. The average Bonchev–Trinajstić information content (AvgIpc) is 3.23. The first-order valence-electron chi connectivity index (χ1n) is 9.72. The molecule has 0 aliphatic carbocycles. The number of thioether (sulfide) groups is 1. The van der Waals surface area contributed by atoms with Crippen molar-refractivity contribution in [2.24, 2.45) is 10.1 Å². The zero-order chi connectivity index (χ0) is 19.3. The number of hydrogen-bond acceptors (Lipinski definition) is 5. The Morgan fingerprint density at radius 1 is 1.21 bits per heavy atom. The Bertz CT molecular complexity index is 896. The Hall–Kier alpha value is -2.60. The van der Waals surface area contributed by atoms with Gasteiger partial charge in [-0.25, -0.2) is 10.0 Å². The molecule has 2 aromatic carbocycles. The summed E-state index contributed by atoms with van der Waals surface area (Å²) in [6.07, 6.45) is 4.73. The second kappa shape index (κ2) is 8.61. The summed E-state index contributed by atoms with van der Waals surface area (Å²) in [7, 11) is 0. The number of hydrogen-bond donors (Lipinski definition) is 1. The lowest BCUT2D eigenvalue weighted by Gasteiger charge is -2.29. The number of carbonyl (C=O) groups excluding carboxylic acids is 1. The van der Waals surface area contributed by atoms with E-state index in [1.54, 1.807) is 0 Å². The van der Waals surface area contributed by atoms with E-state index in [9.17, 15) is 4.79 Å². The molecule has 2 aliphatic heterocycles. The maximum Gasteiger partial charge on any atom is 0.230 e. The summed E-state index contributed by atoms with van der Waals surface area (Å²) in [6.45, 7) is 2.14. The number of fused-ring (bicyclic) bond motifs is 3. The van der Waals surface area contributed by atoms with Crippen LogP contribution in [0.2, 0.25) is 0 Å². The zero-order valence-electron chi connectivity index (χ0n) is 15.9. The van der Waals surface area contributed by atoms with E-state index in [-0.39, 0.29) is 18.0 Å². The van der Waals surface area contributed by atoms with Crippen molar-refractivity contribution in [1.29, 1.82) is 0 Å². The fourth-order valence-corrected chi connectivity index (χ4v) is 4.46. The smallest absolute Gasteiger partial charge is 0.230 e. The molecule has 0 fully saturated rings. The van der Waals surface area contributed by atoms with Crippen LogP contribution in [0.25, 0.3) is 0 Å². The van der Waals surface area contributed by atoms with Crippen molar-refractivity contribution in [3.8, 4) is 0 Å². The lowest BCUT2D eigenvalue weighted by atomic mass is 10.0. The van der Waals surface area contributed by atoms with Gasteiger partial charge in [-0.15, -0.1) is 0 Å². The summed E-state index contributed by atoms with van der Waals surface area (Å²) in [5, 5.41) is 10.4. The number of carbonyl (C=O) groups is 1. The van der Waals surface area contributed by atoms with Crippen molar-refractivity contribution in [3.63, 3.8) is 0 Å². The van der Waals surface area contributed by atoms with E-state index in [0.29, 0.717) is 5.75 Å². The van der Waals surface area contributed by atoms with Crippen LogP contribution in [-0.4, -0.2) is 28.1 Å². The van der Waals surface area contributed by atoms with E-state index in [4.69, 9.17) is 4.99 Å². The van der Waals surface area contributed by atoms with Gasteiger partial charge >= 0.3 is 0 Å². The van der Waals surface area contributed by atoms with Crippen LogP contribution < -0.4 is 5.32 Å². The number of benzene rings is 2. The molecule has 0 aromatic heterocycles. The predicted octanol–water partition coefficient (Wildman–Crippen LogP) is 4.81. The fourth-order valence-electron chi connectivity index (χ4n) is 3.64. The first kappa shape index (κ1) is 18.7. The molecule has 0 unspecified atom stereocenters. The molecule has 144 valence electrons. The summed E-state index contributed by atoms with van der Waals surface area (Å²) in [6, 6.07) is 18.6. The average molecular weight is 393 g/mol. The van der Waals surface area contributed by atoms with Gasteiger partial charge in [-0.1, -0.05) is 73.6 Å². The highest BCUT2D eigenvalue weighted by Crippen LogP contribution is 2.40. The highest BCUT2D eigenvalue weighted by molar-refractivity contribution is 8.14. The molecule has 1 amide bonds. The SMILES string of the molecule is CCC[C@@H](NC(=O)CSC1=Nc2ccccc2[C@@H]2CC=NN12)c1ccccc1. The molecule has 0 radical (unpaired) electrons. The molecule has 2 atom stereocenters. The second-order valence-electron chi connectivity index (χ2n) is 6.96. The number of hydrazone groups is 1. The number of nitrogens with zero attached hydrogens (tertiary/aromatic N) is 3.